The third-order valence-corrected chi connectivity index (χ3v) is 4.16. The summed E-state index contributed by atoms with van der Waals surface area (Å²) >= 11 is 0. The lowest BCUT2D eigenvalue weighted by Gasteiger charge is -2.12. The predicted molar refractivity (Wildman–Crippen MR) is 78.2 cm³/mol. The third-order valence-electron chi connectivity index (χ3n) is 4.16. The fourth-order valence-electron chi connectivity index (χ4n) is 2.88. The van der Waals surface area contributed by atoms with Gasteiger partial charge in [-0.25, -0.2) is 0 Å². The summed E-state index contributed by atoms with van der Waals surface area (Å²) in [5.74, 6) is 0. The first-order chi connectivity index (χ1) is 9.16. The molecule has 100 valence electrons. The maximum Gasteiger partial charge on any atom is 0.0872 e. The van der Waals surface area contributed by atoms with Crippen LogP contribution in [-0.2, 0) is 0 Å². The second-order valence-electron chi connectivity index (χ2n) is 5.56. The van der Waals surface area contributed by atoms with Crippen molar-refractivity contribution in [3.8, 4) is 11.1 Å². The summed E-state index contributed by atoms with van der Waals surface area (Å²) in [6.45, 7) is 7.53. The number of nitrogens with one attached hydrogen (secondary N) is 2. The summed E-state index contributed by atoms with van der Waals surface area (Å²) in [5, 5.41) is 11.2. The van der Waals surface area contributed by atoms with Gasteiger partial charge in [0.1, 0.15) is 0 Å². The Morgan fingerprint density at radius 2 is 2.00 bits per heavy atom. The van der Waals surface area contributed by atoms with Gasteiger partial charge in [-0.3, -0.25) is 5.10 Å². The van der Waals surface area contributed by atoms with Crippen LogP contribution in [0.25, 0.3) is 11.1 Å². The SMILES string of the molecule is Cc1ccc(-c2c(C3CCCN3)n[nH]c2C)cc1C. The van der Waals surface area contributed by atoms with Crippen LogP contribution in [-0.4, -0.2) is 16.7 Å². The van der Waals surface area contributed by atoms with Gasteiger partial charge in [0.2, 0.25) is 0 Å². The Labute approximate surface area is 114 Å². The van der Waals surface area contributed by atoms with Crippen LogP contribution in [0.4, 0.5) is 0 Å². The zero-order valence-corrected chi connectivity index (χ0v) is 11.9. The monoisotopic (exact) mass is 255 g/mol. The molecule has 1 unspecified atom stereocenters. The van der Waals surface area contributed by atoms with Crippen molar-refractivity contribution in [2.75, 3.05) is 6.54 Å². The fraction of sp³-hybridized carbons (Fsp3) is 0.438. The van der Waals surface area contributed by atoms with E-state index in [1.807, 2.05) is 0 Å². The zero-order valence-electron chi connectivity index (χ0n) is 11.9. The van der Waals surface area contributed by atoms with Gasteiger partial charge in [-0.15, -0.1) is 0 Å². The van der Waals surface area contributed by atoms with Gasteiger partial charge in [0.15, 0.2) is 0 Å². The lowest BCUT2D eigenvalue weighted by atomic mass is 9.96. The number of benzene rings is 1. The summed E-state index contributed by atoms with van der Waals surface area (Å²) in [7, 11) is 0. The van der Waals surface area contributed by atoms with Gasteiger partial charge < -0.3 is 5.32 Å². The van der Waals surface area contributed by atoms with E-state index in [0.29, 0.717) is 6.04 Å². The standard InChI is InChI=1S/C16H21N3/c1-10-6-7-13(9-11(10)2)15-12(3)18-19-16(15)14-5-4-8-17-14/h6-7,9,14,17H,4-5,8H2,1-3H3,(H,18,19). The minimum absolute atomic E-state index is 0.404. The number of nitrogens with zero attached hydrogens (tertiary/aromatic N) is 1. The van der Waals surface area contributed by atoms with Gasteiger partial charge in [0.25, 0.3) is 0 Å². The van der Waals surface area contributed by atoms with Gasteiger partial charge in [-0.05, 0) is 56.8 Å². The van der Waals surface area contributed by atoms with Crippen molar-refractivity contribution in [1.29, 1.82) is 0 Å². The lowest BCUT2D eigenvalue weighted by molar-refractivity contribution is 0.626. The zero-order chi connectivity index (χ0) is 13.4. The highest BCUT2D eigenvalue weighted by Crippen LogP contribution is 2.33. The molecule has 0 bridgehead atoms. The molecule has 1 aliphatic rings. The number of aryl methyl sites for hydroxylation is 3. The molecule has 2 heterocycles. The van der Waals surface area contributed by atoms with Crippen molar-refractivity contribution in [3.05, 3.63) is 40.7 Å². The fourth-order valence-corrected chi connectivity index (χ4v) is 2.88. The molecule has 19 heavy (non-hydrogen) atoms. The van der Waals surface area contributed by atoms with Crippen LogP contribution < -0.4 is 5.32 Å². The summed E-state index contributed by atoms with van der Waals surface area (Å²) in [4.78, 5) is 0. The molecular weight excluding hydrogens is 234 g/mol. The van der Waals surface area contributed by atoms with Crippen molar-refractivity contribution >= 4 is 0 Å². The molecule has 3 rings (SSSR count). The first-order valence-electron chi connectivity index (χ1n) is 7.02. The first kappa shape index (κ1) is 12.4. The summed E-state index contributed by atoms with van der Waals surface area (Å²) < 4.78 is 0. The molecule has 1 aromatic carbocycles. The summed E-state index contributed by atoms with van der Waals surface area (Å²) in [6.07, 6.45) is 2.42. The molecule has 3 heteroatoms. The smallest absolute Gasteiger partial charge is 0.0872 e. The van der Waals surface area contributed by atoms with Crippen LogP contribution in [0.5, 0.6) is 0 Å². The molecule has 1 aliphatic heterocycles. The minimum Gasteiger partial charge on any atom is -0.309 e. The van der Waals surface area contributed by atoms with Crippen molar-refractivity contribution < 1.29 is 0 Å². The number of aromatic amines is 1. The molecule has 0 aliphatic carbocycles. The van der Waals surface area contributed by atoms with E-state index in [0.717, 1.165) is 12.2 Å². The molecule has 3 nitrogen and oxygen atoms in total. The second-order valence-corrected chi connectivity index (χ2v) is 5.56. The van der Waals surface area contributed by atoms with Crippen molar-refractivity contribution in [1.82, 2.24) is 15.5 Å². The molecule has 1 atom stereocenters. The quantitative estimate of drug-likeness (QED) is 0.863. The van der Waals surface area contributed by atoms with E-state index >= 15 is 0 Å². The Balaban J connectivity index is 2.08. The molecule has 1 fully saturated rings. The van der Waals surface area contributed by atoms with E-state index in [-0.39, 0.29) is 0 Å². The molecule has 0 amide bonds. The molecule has 0 spiro atoms. The Kier molecular flexibility index (Phi) is 3.15. The van der Waals surface area contributed by atoms with Crippen LogP contribution >= 0.6 is 0 Å². The van der Waals surface area contributed by atoms with Crippen LogP contribution in [0, 0.1) is 20.8 Å². The van der Waals surface area contributed by atoms with E-state index in [1.165, 1.54) is 40.8 Å². The summed E-state index contributed by atoms with van der Waals surface area (Å²) in [6, 6.07) is 7.08. The third kappa shape index (κ3) is 2.19. The minimum atomic E-state index is 0.404. The van der Waals surface area contributed by atoms with E-state index < -0.39 is 0 Å². The van der Waals surface area contributed by atoms with E-state index in [2.05, 4.69) is 54.5 Å². The van der Waals surface area contributed by atoms with Gasteiger partial charge in [-0.1, -0.05) is 18.2 Å². The maximum atomic E-state index is 4.54. The van der Waals surface area contributed by atoms with E-state index in [9.17, 15) is 0 Å². The van der Waals surface area contributed by atoms with Gasteiger partial charge in [0, 0.05) is 11.3 Å². The van der Waals surface area contributed by atoms with Gasteiger partial charge in [0.05, 0.1) is 11.7 Å². The Hall–Kier alpha value is -1.61. The van der Waals surface area contributed by atoms with Gasteiger partial charge in [-0.2, -0.15) is 5.10 Å². The van der Waals surface area contributed by atoms with Crippen molar-refractivity contribution in [2.24, 2.45) is 0 Å². The lowest BCUT2D eigenvalue weighted by Crippen LogP contribution is -2.14. The first-order valence-corrected chi connectivity index (χ1v) is 7.02. The number of H-pyrrole nitrogens is 1. The second kappa shape index (κ2) is 4.82. The van der Waals surface area contributed by atoms with Crippen LogP contribution in [0.3, 0.4) is 0 Å². The number of hydrogen-bond donors (Lipinski definition) is 2. The molecule has 0 radical (unpaired) electrons. The highest BCUT2D eigenvalue weighted by Gasteiger charge is 2.24. The van der Waals surface area contributed by atoms with E-state index in [1.54, 1.807) is 0 Å². The number of hydrogen-bond acceptors (Lipinski definition) is 2. The summed E-state index contributed by atoms with van der Waals surface area (Å²) in [5.41, 5.74) is 7.57. The highest BCUT2D eigenvalue weighted by molar-refractivity contribution is 5.70. The van der Waals surface area contributed by atoms with E-state index in [4.69, 9.17) is 0 Å². The Morgan fingerprint density at radius 1 is 1.16 bits per heavy atom. The van der Waals surface area contributed by atoms with Gasteiger partial charge >= 0.3 is 0 Å². The molecule has 1 saturated heterocycles. The molecule has 2 aromatic rings. The normalized spacial score (nSPS) is 19.0. The predicted octanol–water partition coefficient (Wildman–Crippen LogP) is 3.43. The molecule has 1 aromatic heterocycles. The molecule has 2 N–H and O–H groups in total. The Bertz CT molecular complexity index is 592. The molecular formula is C16H21N3. The largest absolute Gasteiger partial charge is 0.309 e. The average Bonchev–Trinajstić information content (AvgIpc) is 3.01. The molecule has 0 saturated carbocycles. The van der Waals surface area contributed by atoms with Crippen LogP contribution in [0.2, 0.25) is 0 Å². The van der Waals surface area contributed by atoms with Crippen molar-refractivity contribution in [2.45, 2.75) is 39.7 Å². The highest BCUT2D eigenvalue weighted by atomic mass is 15.1. The topological polar surface area (TPSA) is 40.7 Å². The van der Waals surface area contributed by atoms with Crippen molar-refractivity contribution in [3.63, 3.8) is 0 Å². The maximum absolute atomic E-state index is 4.54. The number of aromatic nitrogens is 2. The Morgan fingerprint density at radius 3 is 2.68 bits per heavy atom. The average molecular weight is 255 g/mol. The number of rotatable bonds is 2. The van der Waals surface area contributed by atoms with Crippen LogP contribution in [0.15, 0.2) is 18.2 Å². The van der Waals surface area contributed by atoms with Crippen LogP contribution in [0.1, 0.15) is 41.4 Å².